The maximum atomic E-state index is 4.34. The molecular weight excluding hydrogens is 641 g/mol. The van der Waals surface area contributed by atoms with Gasteiger partial charge in [0.25, 0.3) is 0 Å². The molecule has 248 valence electrons. The number of fused-ring (bicyclic) bond motifs is 4. The van der Waals surface area contributed by atoms with E-state index in [1.54, 1.807) is 0 Å². The van der Waals surface area contributed by atoms with Crippen LogP contribution in [0, 0.1) is 0 Å². The first-order chi connectivity index (χ1) is 26.3. The molecule has 0 unspecified atom stereocenters. The summed E-state index contributed by atoms with van der Waals surface area (Å²) < 4.78 is 0. The maximum Gasteiger partial charge on any atom is 0.0540 e. The van der Waals surface area contributed by atoms with Crippen LogP contribution in [-0.4, -0.2) is 4.98 Å². The highest BCUT2D eigenvalue weighted by atomic mass is 15.1. The highest BCUT2D eigenvalue weighted by Gasteiger charge is 2.20. The quantitative estimate of drug-likeness (QED) is 0.163. The van der Waals surface area contributed by atoms with Crippen molar-refractivity contribution < 1.29 is 0 Å². The SMILES string of the molecule is c1cncc(-c2ccc(N(c3ccc(-c4c5ccccc5c(-c5cccc6ccccc56)c5ccccc45)cc3)c3cccc4ccccc34)cc2)c1. The van der Waals surface area contributed by atoms with E-state index in [-0.39, 0.29) is 0 Å². The topological polar surface area (TPSA) is 16.1 Å². The summed E-state index contributed by atoms with van der Waals surface area (Å²) in [6.45, 7) is 0. The van der Waals surface area contributed by atoms with Gasteiger partial charge < -0.3 is 4.90 Å². The van der Waals surface area contributed by atoms with Gasteiger partial charge >= 0.3 is 0 Å². The van der Waals surface area contributed by atoms with Crippen LogP contribution in [-0.2, 0) is 0 Å². The summed E-state index contributed by atoms with van der Waals surface area (Å²) in [4.78, 5) is 6.71. The lowest BCUT2D eigenvalue weighted by Crippen LogP contribution is -2.10. The van der Waals surface area contributed by atoms with Crippen LogP contribution in [0.4, 0.5) is 17.1 Å². The van der Waals surface area contributed by atoms with Crippen molar-refractivity contribution in [2.75, 3.05) is 4.90 Å². The number of anilines is 3. The molecule has 0 N–H and O–H groups in total. The Morgan fingerprint density at radius 2 is 0.811 bits per heavy atom. The van der Waals surface area contributed by atoms with Gasteiger partial charge in [-0.3, -0.25) is 4.98 Å². The van der Waals surface area contributed by atoms with Crippen LogP contribution in [0.3, 0.4) is 0 Å². The lowest BCUT2D eigenvalue weighted by molar-refractivity contribution is 1.29. The molecule has 2 heteroatoms. The van der Waals surface area contributed by atoms with E-state index < -0.39 is 0 Å². The monoisotopic (exact) mass is 674 g/mol. The second-order valence-electron chi connectivity index (χ2n) is 13.5. The maximum absolute atomic E-state index is 4.34. The fourth-order valence-electron chi connectivity index (χ4n) is 8.12. The Balaban J connectivity index is 1.15. The zero-order valence-corrected chi connectivity index (χ0v) is 29.0. The fraction of sp³-hybridized carbons (Fsp3) is 0. The van der Waals surface area contributed by atoms with E-state index in [1.807, 2.05) is 18.5 Å². The molecule has 0 saturated carbocycles. The summed E-state index contributed by atoms with van der Waals surface area (Å²) in [6, 6.07) is 70.4. The summed E-state index contributed by atoms with van der Waals surface area (Å²) in [7, 11) is 0. The van der Waals surface area contributed by atoms with Crippen LogP contribution in [0.15, 0.2) is 207 Å². The lowest BCUT2D eigenvalue weighted by Gasteiger charge is -2.27. The molecule has 0 saturated heterocycles. The first-order valence-electron chi connectivity index (χ1n) is 18.1. The summed E-state index contributed by atoms with van der Waals surface area (Å²) >= 11 is 0. The lowest BCUT2D eigenvalue weighted by atomic mass is 9.85. The van der Waals surface area contributed by atoms with Crippen molar-refractivity contribution in [1.29, 1.82) is 0 Å². The van der Waals surface area contributed by atoms with Gasteiger partial charge in [-0.1, -0.05) is 158 Å². The molecule has 0 amide bonds. The minimum atomic E-state index is 1.09. The number of hydrogen-bond acceptors (Lipinski definition) is 2. The first kappa shape index (κ1) is 30.8. The molecule has 1 heterocycles. The van der Waals surface area contributed by atoms with Gasteiger partial charge in [-0.15, -0.1) is 0 Å². The van der Waals surface area contributed by atoms with E-state index in [2.05, 4.69) is 198 Å². The molecule has 0 fully saturated rings. The van der Waals surface area contributed by atoms with E-state index in [0.29, 0.717) is 0 Å². The minimum absolute atomic E-state index is 1.09. The van der Waals surface area contributed by atoms with Crippen LogP contribution in [0.1, 0.15) is 0 Å². The molecule has 53 heavy (non-hydrogen) atoms. The van der Waals surface area contributed by atoms with Crippen molar-refractivity contribution in [3.8, 4) is 33.4 Å². The van der Waals surface area contributed by atoms with Crippen molar-refractivity contribution in [2.45, 2.75) is 0 Å². The number of benzene rings is 9. The van der Waals surface area contributed by atoms with Gasteiger partial charge in [0.2, 0.25) is 0 Å². The standard InChI is InChI=1S/C51H34N2/c1-3-17-42-36(12-1)14-9-23-44(42)51-47-21-7-5-19-45(47)50(46-20-6-8-22-48(46)51)38-27-31-41(32-28-38)53(49-24-10-15-37-13-2-4-18-43(37)49)40-29-25-35(26-30-40)39-16-11-33-52-34-39/h1-34H. The third-order valence-electron chi connectivity index (χ3n) is 10.5. The number of aromatic nitrogens is 1. The molecule has 10 aromatic rings. The highest BCUT2D eigenvalue weighted by molar-refractivity contribution is 6.23. The normalized spacial score (nSPS) is 11.4. The molecule has 0 aliphatic heterocycles. The second-order valence-corrected chi connectivity index (χ2v) is 13.5. The molecule has 0 radical (unpaired) electrons. The Morgan fingerprint density at radius 1 is 0.321 bits per heavy atom. The summed E-state index contributed by atoms with van der Waals surface area (Å²) in [5.74, 6) is 0. The molecule has 9 aromatic carbocycles. The van der Waals surface area contributed by atoms with Crippen LogP contribution in [0.2, 0.25) is 0 Å². The Kier molecular flexibility index (Phi) is 7.51. The van der Waals surface area contributed by atoms with Gasteiger partial charge in [0.15, 0.2) is 0 Å². The van der Waals surface area contributed by atoms with Gasteiger partial charge in [-0.2, -0.15) is 0 Å². The molecule has 0 aliphatic carbocycles. The third-order valence-corrected chi connectivity index (χ3v) is 10.5. The second kappa shape index (κ2) is 12.9. The predicted molar refractivity (Wildman–Crippen MR) is 225 cm³/mol. The molecule has 1 aromatic heterocycles. The number of rotatable bonds is 6. The first-order valence-corrected chi connectivity index (χ1v) is 18.1. The van der Waals surface area contributed by atoms with Gasteiger partial charge in [-0.25, -0.2) is 0 Å². The van der Waals surface area contributed by atoms with E-state index in [4.69, 9.17) is 0 Å². The Bertz CT molecular complexity index is 2860. The van der Waals surface area contributed by atoms with Crippen molar-refractivity contribution in [2.24, 2.45) is 0 Å². The van der Waals surface area contributed by atoms with Crippen LogP contribution in [0.25, 0.3) is 76.5 Å². The van der Waals surface area contributed by atoms with Crippen LogP contribution >= 0.6 is 0 Å². The van der Waals surface area contributed by atoms with Crippen LogP contribution in [0.5, 0.6) is 0 Å². The Morgan fingerprint density at radius 3 is 1.42 bits per heavy atom. The number of nitrogens with zero attached hydrogens (tertiary/aromatic N) is 2. The highest BCUT2D eigenvalue weighted by Crippen LogP contribution is 2.46. The molecule has 0 spiro atoms. The molecule has 0 bridgehead atoms. The van der Waals surface area contributed by atoms with E-state index in [1.165, 1.54) is 65.3 Å². The smallest absolute Gasteiger partial charge is 0.0540 e. The third kappa shape index (κ3) is 5.32. The van der Waals surface area contributed by atoms with Gasteiger partial charge in [0.1, 0.15) is 0 Å². The Labute approximate surface area is 308 Å². The van der Waals surface area contributed by atoms with Crippen molar-refractivity contribution in [3.63, 3.8) is 0 Å². The average molecular weight is 675 g/mol. The molecule has 10 rings (SSSR count). The summed E-state index contributed by atoms with van der Waals surface area (Å²) in [5.41, 5.74) is 10.6. The average Bonchev–Trinajstić information content (AvgIpc) is 3.24. The van der Waals surface area contributed by atoms with Gasteiger partial charge in [-0.05, 0) is 107 Å². The van der Waals surface area contributed by atoms with Crippen molar-refractivity contribution >= 4 is 60.2 Å². The fourth-order valence-corrected chi connectivity index (χ4v) is 8.12. The van der Waals surface area contributed by atoms with E-state index in [9.17, 15) is 0 Å². The van der Waals surface area contributed by atoms with Crippen molar-refractivity contribution in [1.82, 2.24) is 4.98 Å². The van der Waals surface area contributed by atoms with E-state index in [0.717, 1.165) is 28.2 Å². The molecular formula is C51H34N2. The summed E-state index contributed by atoms with van der Waals surface area (Å²) in [6.07, 6.45) is 3.73. The van der Waals surface area contributed by atoms with Crippen molar-refractivity contribution in [3.05, 3.63) is 207 Å². The number of hydrogen-bond donors (Lipinski definition) is 0. The summed E-state index contributed by atoms with van der Waals surface area (Å²) in [5, 5.41) is 9.95. The zero-order valence-electron chi connectivity index (χ0n) is 29.0. The van der Waals surface area contributed by atoms with Gasteiger partial charge in [0.05, 0.1) is 5.69 Å². The van der Waals surface area contributed by atoms with Crippen LogP contribution < -0.4 is 4.90 Å². The predicted octanol–water partition coefficient (Wildman–Crippen LogP) is 14.2. The van der Waals surface area contributed by atoms with Gasteiger partial charge in [0, 0.05) is 29.2 Å². The minimum Gasteiger partial charge on any atom is -0.310 e. The number of pyridine rings is 1. The molecule has 2 nitrogen and oxygen atoms in total. The van der Waals surface area contributed by atoms with E-state index >= 15 is 0 Å². The molecule has 0 aliphatic rings. The Hall–Kier alpha value is -7.03. The molecule has 0 atom stereocenters. The zero-order chi connectivity index (χ0) is 35.1. The largest absolute Gasteiger partial charge is 0.310 e.